The number of fused-ring (bicyclic) bond motifs is 1. The van der Waals surface area contributed by atoms with Gasteiger partial charge in [-0.05, 0) is 6.42 Å². The summed E-state index contributed by atoms with van der Waals surface area (Å²) >= 11 is 6.01. The largest absolute Gasteiger partial charge is 0.324 e. The molecule has 1 aromatic heterocycles. The lowest BCUT2D eigenvalue weighted by atomic mass is 10.1. The maximum atomic E-state index is 6.01. The van der Waals surface area contributed by atoms with Crippen LogP contribution < -0.4 is 5.73 Å². The summed E-state index contributed by atoms with van der Waals surface area (Å²) in [7, 11) is 0. The minimum Gasteiger partial charge on any atom is -0.324 e. The quantitative estimate of drug-likeness (QED) is 0.642. The lowest BCUT2D eigenvalue weighted by molar-refractivity contribution is 0.515. The number of hydrogen-bond donors (Lipinski definition) is 1. The van der Waals surface area contributed by atoms with Gasteiger partial charge in [0.2, 0.25) is 0 Å². The Kier molecular flexibility index (Phi) is 2.02. The predicted molar refractivity (Wildman–Crippen MR) is 45.9 cm³/mol. The molecule has 1 atom stereocenters. The van der Waals surface area contributed by atoms with E-state index in [1.54, 1.807) is 0 Å². The average Bonchev–Trinajstić information content (AvgIpc) is 2.46. The molecule has 0 amide bonds. The Hall–Kier alpha value is -0.610. The Morgan fingerprint density at radius 1 is 1.58 bits per heavy atom. The molecule has 4 nitrogen and oxygen atoms in total. The topological polar surface area (TPSA) is 56.7 Å². The Morgan fingerprint density at radius 3 is 3.17 bits per heavy atom. The zero-order valence-electron chi connectivity index (χ0n) is 6.70. The lowest BCUT2D eigenvalue weighted by Gasteiger charge is -2.18. The molecule has 0 fully saturated rings. The first-order valence-electron chi connectivity index (χ1n) is 4.06. The first-order chi connectivity index (χ1) is 5.81. The maximum absolute atomic E-state index is 6.01. The third kappa shape index (κ3) is 1.21. The second kappa shape index (κ2) is 3.03. The Labute approximate surface area is 75.7 Å². The van der Waals surface area contributed by atoms with E-state index in [1.807, 2.05) is 4.57 Å². The highest BCUT2D eigenvalue weighted by atomic mass is 35.5. The van der Waals surface area contributed by atoms with E-state index >= 15 is 0 Å². The predicted octanol–water partition coefficient (Wildman–Crippen LogP) is 0.290. The minimum atomic E-state index is 0.207. The van der Waals surface area contributed by atoms with Crippen molar-refractivity contribution in [2.24, 2.45) is 5.73 Å². The van der Waals surface area contributed by atoms with Crippen LogP contribution in [0.1, 0.15) is 18.1 Å². The van der Waals surface area contributed by atoms with Crippen LogP contribution in [0.3, 0.4) is 0 Å². The molecule has 2 heterocycles. The number of halogens is 1. The molecule has 0 saturated heterocycles. The van der Waals surface area contributed by atoms with Crippen molar-refractivity contribution in [3.8, 4) is 0 Å². The van der Waals surface area contributed by atoms with Gasteiger partial charge in [0.1, 0.15) is 11.6 Å². The fourth-order valence-electron chi connectivity index (χ4n) is 1.49. The highest BCUT2D eigenvalue weighted by Gasteiger charge is 2.20. The molecule has 2 rings (SSSR count). The van der Waals surface area contributed by atoms with E-state index in [-0.39, 0.29) is 5.38 Å². The molecule has 1 aliphatic rings. The SMILES string of the molecule is NCc1nnc2n1CC(Cl)CC2. The number of aryl methyl sites for hydroxylation is 1. The van der Waals surface area contributed by atoms with E-state index in [0.717, 1.165) is 31.0 Å². The van der Waals surface area contributed by atoms with Crippen molar-refractivity contribution < 1.29 is 0 Å². The van der Waals surface area contributed by atoms with E-state index in [2.05, 4.69) is 10.2 Å². The van der Waals surface area contributed by atoms with Gasteiger partial charge >= 0.3 is 0 Å². The molecular formula is C7H11ClN4. The van der Waals surface area contributed by atoms with Gasteiger partial charge in [-0.1, -0.05) is 0 Å². The molecule has 1 aliphatic heterocycles. The molecule has 0 bridgehead atoms. The lowest BCUT2D eigenvalue weighted by Crippen LogP contribution is -2.22. The van der Waals surface area contributed by atoms with E-state index in [0.29, 0.717) is 6.54 Å². The van der Waals surface area contributed by atoms with Crippen LogP contribution in [-0.2, 0) is 19.5 Å². The smallest absolute Gasteiger partial charge is 0.146 e. The molecule has 0 radical (unpaired) electrons. The normalized spacial score (nSPS) is 22.3. The van der Waals surface area contributed by atoms with Gasteiger partial charge in [0.15, 0.2) is 0 Å². The van der Waals surface area contributed by atoms with Gasteiger partial charge in [-0.2, -0.15) is 0 Å². The first kappa shape index (κ1) is 8.01. The first-order valence-corrected chi connectivity index (χ1v) is 4.50. The molecule has 2 N–H and O–H groups in total. The molecule has 12 heavy (non-hydrogen) atoms. The zero-order valence-corrected chi connectivity index (χ0v) is 7.46. The number of alkyl halides is 1. The molecular weight excluding hydrogens is 176 g/mol. The fraction of sp³-hybridized carbons (Fsp3) is 0.714. The van der Waals surface area contributed by atoms with Crippen LogP contribution in [-0.4, -0.2) is 20.1 Å². The molecule has 0 spiro atoms. The minimum absolute atomic E-state index is 0.207. The van der Waals surface area contributed by atoms with Gasteiger partial charge < -0.3 is 10.3 Å². The Morgan fingerprint density at radius 2 is 2.42 bits per heavy atom. The standard InChI is InChI=1S/C7H11ClN4/c8-5-1-2-6-10-11-7(3-9)12(6)4-5/h5H,1-4,9H2. The Bertz CT molecular complexity index is 269. The van der Waals surface area contributed by atoms with Crippen molar-refractivity contribution in [1.29, 1.82) is 0 Å². The average molecular weight is 187 g/mol. The summed E-state index contributed by atoms with van der Waals surface area (Å²) in [5.41, 5.74) is 5.50. The van der Waals surface area contributed by atoms with Crippen molar-refractivity contribution in [2.45, 2.75) is 31.3 Å². The third-order valence-corrected chi connectivity index (χ3v) is 2.50. The molecule has 0 saturated carbocycles. The highest BCUT2D eigenvalue weighted by Crippen LogP contribution is 2.18. The van der Waals surface area contributed by atoms with E-state index in [1.165, 1.54) is 0 Å². The number of nitrogens with two attached hydrogens (primary N) is 1. The summed E-state index contributed by atoms with van der Waals surface area (Å²) in [5.74, 6) is 1.86. The summed E-state index contributed by atoms with van der Waals surface area (Å²) in [6.07, 6.45) is 1.91. The van der Waals surface area contributed by atoms with E-state index in [4.69, 9.17) is 17.3 Å². The summed E-state index contributed by atoms with van der Waals surface area (Å²) in [6.45, 7) is 1.24. The van der Waals surface area contributed by atoms with Crippen LogP contribution in [0.15, 0.2) is 0 Å². The van der Waals surface area contributed by atoms with E-state index < -0.39 is 0 Å². The Balaban J connectivity index is 2.34. The molecule has 1 unspecified atom stereocenters. The summed E-state index contributed by atoms with van der Waals surface area (Å²) in [6, 6.07) is 0. The van der Waals surface area contributed by atoms with Crippen molar-refractivity contribution >= 4 is 11.6 Å². The van der Waals surface area contributed by atoms with Crippen molar-refractivity contribution in [3.63, 3.8) is 0 Å². The van der Waals surface area contributed by atoms with Crippen LogP contribution in [0.25, 0.3) is 0 Å². The molecule has 1 aromatic rings. The second-order valence-corrected chi connectivity index (χ2v) is 3.60. The molecule has 66 valence electrons. The van der Waals surface area contributed by atoms with Gasteiger partial charge in [-0.15, -0.1) is 21.8 Å². The number of aromatic nitrogens is 3. The molecule has 0 aliphatic carbocycles. The van der Waals surface area contributed by atoms with Gasteiger partial charge in [0.05, 0.1) is 11.9 Å². The van der Waals surface area contributed by atoms with Crippen LogP contribution in [0.5, 0.6) is 0 Å². The van der Waals surface area contributed by atoms with Crippen LogP contribution in [0.2, 0.25) is 0 Å². The zero-order chi connectivity index (χ0) is 8.55. The van der Waals surface area contributed by atoms with Gasteiger partial charge in [-0.3, -0.25) is 0 Å². The van der Waals surface area contributed by atoms with Crippen LogP contribution in [0.4, 0.5) is 0 Å². The van der Waals surface area contributed by atoms with Gasteiger partial charge in [-0.25, -0.2) is 0 Å². The number of rotatable bonds is 1. The van der Waals surface area contributed by atoms with Crippen molar-refractivity contribution in [3.05, 3.63) is 11.6 Å². The summed E-state index contributed by atoms with van der Waals surface area (Å²) in [5, 5.41) is 8.22. The summed E-state index contributed by atoms with van der Waals surface area (Å²) in [4.78, 5) is 0. The summed E-state index contributed by atoms with van der Waals surface area (Å²) < 4.78 is 2.03. The fourth-order valence-corrected chi connectivity index (χ4v) is 1.74. The maximum Gasteiger partial charge on any atom is 0.146 e. The van der Waals surface area contributed by atoms with Crippen LogP contribution in [0, 0.1) is 0 Å². The molecule has 0 aromatic carbocycles. The van der Waals surface area contributed by atoms with Crippen molar-refractivity contribution in [2.75, 3.05) is 0 Å². The second-order valence-electron chi connectivity index (χ2n) is 2.98. The van der Waals surface area contributed by atoms with Crippen LogP contribution >= 0.6 is 11.6 Å². The monoisotopic (exact) mass is 186 g/mol. The van der Waals surface area contributed by atoms with Gasteiger partial charge in [0.25, 0.3) is 0 Å². The number of hydrogen-bond acceptors (Lipinski definition) is 3. The third-order valence-electron chi connectivity index (χ3n) is 2.15. The number of nitrogens with zero attached hydrogens (tertiary/aromatic N) is 3. The van der Waals surface area contributed by atoms with Crippen molar-refractivity contribution in [1.82, 2.24) is 14.8 Å². The highest BCUT2D eigenvalue weighted by molar-refractivity contribution is 6.20. The van der Waals surface area contributed by atoms with E-state index in [9.17, 15) is 0 Å². The van der Waals surface area contributed by atoms with Gasteiger partial charge in [0, 0.05) is 13.0 Å². The molecule has 5 heteroatoms.